The third kappa shape index (κ3) is 3.25. The Labute approximate surface area is 113 Å². The first-order valence-corrected chi connectivity index (χ1v) is 6.96. The Morgan fingerprint density at radius 1 is 1.42 bits per heavy atom. The number of carbonyl (C=O) groups is 1. The summed E-state index contributed by atoms with van der Waals surface area (Å²) in [5.41, 5.74) is 6.35. The van der Waals surface area contributed by atoms with Crippen LogP contribution in [0.1, 0.15) is 43.0 Å². The lowest BCUT2D eigenvalue weighted by Gasteiger charge is -2.32. The van der Waals surface area contributed by atoms with E-state index in [1.807, 2.05) is 4.90 Å². The first-order valence-electron chi connectivity index (χ1n) is 6.96. The lowest BCUT2D eigenvalue weighted by Crippen LogP contribution is -2.38. The van der Waals surface area contributed by atoms with Crippen molar-refractivity contribution in [3.63, 3.8) is 0 Å². The number of likely N-dealkylation sites (tertiary alicyclic amines) is 1. The zero-order chi connectivity index (χ0) is 13.8. The minimum absolute atomic E-state index is 0.0764. The fourth-order valence-corrected chi connectivity index (χ4v) is 2.73. The molecule has 0 spiro atoms. The molecule has 1 aliphatic heterocycles. The average Bonchev–Trinajstić information content (AvgIpc) is 2.39. The number of amides is 1. The Morgan fingerprint density at radius 2 is 2.11 bits per heavy atom. The van der Waals surface area contributed by atoms with Crippen LogP contribution in [-0.2, 0) is 0 Å². The van der Waals surface area contributed by atoms with Gasteiger partial charge < -0.3 is 10.6 Å². The van der Waals surface area contributed by atoms with E-state index >= 15 is 0 Å². The minimum Gasteiger partial charge on any atom is -0.398 e. The first kappa shape index (κ1) is 13.8. The van der Waals surface area contributed by atoms with Crippen LogP contribution in [0.5, 0.6) is 0 Å². The van der Waals surface area contributed by atoms with Gasteiger partial charge in [-0.15, -0.1) is 0 Å². The number of hydrogen-bond acceptors (Lipinski definition) is 2. The van der Waals surface area contributed by atoms with Gasteiger partial charge in [0.25, 0.3) is 5.91 Å². The molecule has 1 aliphatic rings. The third-order valence-corrected chi connectivity index (χ3v) is 3.84. The quantitative estimate of drug-likeness (QED) is 0.853. The summed E-state index contributed by atoms with van der Waals surface area (Å²) in [5, 5.41) is 0. The number of halogens is 1. The van der Waals surface area contributed by atoms with Crippen molar-refractivity contribution in [3.05, 3.63) is 29.6 Å². The molecule has 0 aliphatic carbocycles. The molecule has 1 amide bonds. The number of nitrogens with two attached hydrogens (primary N) is 1. The zero-order valence-electron chi connectivity index (χ0n) is 11.4. The molecule has 104 valence electrons. The molecule has 2 N–H and O–H groups in total. The summed E-state index contributed by atoms with van der Waals surface area (Å²) in [6.07, 6.45) is 4.55. The molecule has 2 rings (SSSR count). The predicted molar refractivity (Wildman–Crippen MR) is 74.3 cm³/mol. The largest absolute Gasteiger partial charge is 0.398 e. The van der Waals surface area contributed by atoms with Gasteiger partial charge in [0.1, 0.15) is 5.82 Å². The number of rotatable bonds is 3. The highest BCUT2D eigenvalue weighted by molar-refractivity contribution is 5.99. The first-order chi connectivity index (χ1) is 9.11. The highest BCUT2D eigenvalue weighted by atomic mass is 19.1. The molecule has 0 saturated carbocycles. The van der Waals surface area contributed by atoms with E-state index in [0.29, 0.717) is 5.56 Å². The molecule has 0 bridgehead atoms. The van der Waals surface area contributed by atoms with Crippen molar-refractivity contribution in [2.24, 2.45) is 5.92 Å². The molecule has 1 aromatic carbocycles. The maximum Gasteiger partial charge on any atom is 0.255 e. The zero-order valence-corrected chi connectivity index (χ0v) is 11.4. The van der Waals surface area contributed by atoms with Crippen molar-refractivity contribution in [1.82, 2.24) is 4.90 Å². The molecule has 1 heterocycles. The van der Waals surface area contributed by atoms with Gasteiger partial charge in [0.15, 0.2) is 0 Å². The van der Waals surface area contributed by atoms with Gasteiger partial charge in [-0.1, -0.05) is 19.8 Å². The van der Waals surface area contributed by atoms with Crippen molar-refractivity contribution in [2.75, 3.05) is 18.8 Å². The van der Waals surface area contributed by atoms with Crippen molar-refractivity contribution >= 4 is 11.6 Å². The molecule has 4 heteroatoms. The van der Waals surface area contributed by atoms with Crippen LogP contribution in [0.15, 0.2) is 18.2 Å². The van der Waals surface area contributed by atoms with Gasteiger partial charge >= 0.3 is 0 Å². The lowest BCUT2D eigenvalue weighted by molar-refractivity contribution is 0.0687. The second kappa shape index (κ2) is 6.04. The molecular weight excluding hydrogens is 243 g/mol. The highest BCUT2D eigenvalue weighted by Gasteiger charge is 2.24. The number of benzene rings is 1. The summed E-state index contributed by atoms with van der Waals surface area (Å²) >= 11 is 0. The second-order valence-corrected chi connectivity index (χ2v) is 5.26. The van der Waals surface area contributed by atoms with Crippen molar-refractivity contribution in [1.29, 1.82) is 0 Å². The van der Waals surface area contributed by atoms with Crippen molar-refractivity contribution in [3.8, 4) is 0 Å². The SMILES string of the molecule is CCCC1CCN(C(=O)c2ccc(F)cc2N)CC1. The van der Waals surface area contributed by atoms with E-state index in [1.54, 1.807) is 0 Å². The van der Waals surface area contributed by atoms with Crippen LogP contribution >= 0.6 is 0 Å². The fraction of sp³-hybridized carbons (Fsp3) is 0.533. The Bertz CT molecular complexity index is 453. The Balaban J connectivity index is 2.01. The molecule has 0 aromatic heterocycles. The molecule has 3 nitrogen and oxygen atoms in total. The molecular formula is C15H21FN2O. The van der Waals surface area contributed by atoms with E-state index in [0.717, 1.165) is 31.8 Å². The average molecular weight is 264 g/mol. The number of carbonyl (C=O) groups excluding carboxylic acids is 1. The van der Waals surface area contributed by atoms with Crippen molar-refractivity contribution < 1.29 is 9.18 Å². The Hall–Kier alpha value is -1.58. The maximum atomic E-state index is 13.0. The summed E-state index contributed by atoms with van der Waals surface area (Å²) < 4.78 is 13.0. The molecule has 19 heavy (non-hydrogen) atoms. The molecule has 1 fully saturated rings. The van der Waals surface area contributed by atoms with E-state index in [-0.39, 0.29) is 11.6 Å². The van der Waals surface area contributed by atoms with Crippen LogP contribution in [-0.4, -0.2) is 23.9 Å². The van der Waals surface area contributed by atoms with Crippen LogP contribution < -0.4 is 5.73 Å². The number of piperidine rings is 1. The van der Waals surface area contributed by atoms with Crippen LogP contribution in [0.4, 0.5) is 10.1 Å². The van der Waals surface area contributed by atoms with Gasteiger partial charge in [0.05, 0.1) is 5.56 Å². The molecule has 0 radical (unpaired) electrons. The number of hydrogen-bond donors (Lipinski definition) is 1. The van der Waals surface area contributed by atoms with Gasteiger partial charge in [-0.25, -0.2) is 4.39 Å². The van der Waals surface area contributed by atoms with E-state index < -0.39 is 5.82 Å². The van der Waals surface area contributed by atoms with Gasteiger partial charge in [0.2, 0.25) is 0 Å². The summed E-state index contributed by atoms with van der Waals surface area (Å²) in [6, 6.07) is 3.97. The van der Waals surface area contributed by atoms with Crippen LogP contribution in [0.3, 0.4) is 0 Å². The van der Waals surface area contributed by atoms with Gasteiger partial charge in [-0.2, -0.15) is 0 Å². The van der Waals surface area contributed by atoms with Gasteiger partial charge in [0, 0.05) is 18.8 Å². The van der Waals surface area contributed by atoms with Crippen LogP contribution in [0.25, 0.3) is 0 Å². The number of nitrogens with zero attached hydrogens (tertiary/aromatic N) is 1. The van der Waals surface area contributed by atoms with Crippen LogP contribution in [0.2, 0.25) is 0 Å². The second-order valence-electron chi connectivity index (χ2n) is 5.26. The topological polar surface area (TPSA) is 46.3 Å². The maximum absolute atomic E-state index is 13.0. The predicted octanol–water partition coefficient (Wildman–Crippen LogP) is 3.06. The standard InChI is InChI=1S/C15H21FN2O/c1-2-3-11-6-8-18(9-7-11)15(19)13-5-4-12(16)10-14(13)17/h4-5,10-11H,2-3,6-9,17H2,1H3. The van der Waals surface area contributed by atoms with E-state index in [9.17, 15) is 9.18 Å². The minimum atomic E-state index is -0.407. The van der Waals surface area contributed by atoms with E-state index in [2.05, 4.69) is 6.92 Å². The van der Waals surface area contributed by atoms with Gasteiger partial charge in [-0.05, 0) is 37.0 Å². The molecule has 0 unspecified atom stereocenters. The number of anilines is 1. The normalized spacial score (nSPS) is 16.6. The number of nitrogen functional groups attached to an aromatic ring is 1. The van der Waals surface area contributed by atoms with Crippen molar-refractivity contribution in [2.45, 2.75) is 32.6 Å². The highest BCUT2D eigenvalue weighted by Crippen LogP contribution is 2.24. The third-order valence-electron chi connectivity index (χ3n) is 3.84. The smallest absolute Gasteiger partial charge is 0.255 e. The lowest BCUT2D eigenvalue weighted by atomic mass is 9.92. The monoisotopic (exact) mass is 264 g/mol. The summed E-state index contributed by atoms with van der Waals surface area (Å²) in [6.45, 7) is 3.75. The molecule has 1 aromatic rings. The van der Waals surface area contributed by atoms with E-state index in [4.69, 9.17) is 5.73 Å². The summed E-state index contributed by atoms with van der Waals surface area (Å²) in [4.78, 5) is 14.1. The van der Waals surface area contributed by atoms with E-state index in [1.165, 1.54) is 31.0 Å². The Morgan fingerprint density at radius 3 is 2.68 bits per heavy atom. The Kier molecular flexibility index (Phi) is 4.40. The summed E-state index contributed by atoms with van der Waals surface area (Å²) in [5.74, 6) is 0.253. The molecule has 0 atom stereocenters. The van der Waals surface area contributed by atoms with Gasteiger partial charge in [-0.3, -0.25) is 4.79 Å². The van der Waals surface area contributed by atoms with Crippen LogP contribution in [0, 0.1) is 11.7 Å². The summed E-state index contributed by atoms with van der Waals surface area (Å²) in [7, 11) is 0. The fourth-order valence-electron chi connectivity index (χ4n) is 2.73. The molecule has 1 saturated heterocycles.